The van der Waals surface area contributed by atoms with E-state index in [0.717, 1.165) is 11.1 Å². The molecule has 130 valence electrons. The van der Waals surface area contributed by atoms with E-state index in [0.29, 0.717) is 22.7 Å². The van der Waals surface area contributed by atoms with E-state index in [-0.39, 0.29) is 5.75 Å². The number of carbonyl (C=O) groups excluding carboxylic acids is 1. The maximum atomic E-state index is 11.9. The molecule has 3 rings (SSSR count). The molecule has 6 nitrogen and oxygen atoms in total. The van der Waals surface area contributed by atoms with E-state index in [9.17, 15) is 13.2 Å². The Bertz CT molecular complexity index is 1040. The molecule has 2 aromatic carbocycles. The molecule has 0 fully saturated rings. The van der Waals surface area contributed by atoms with Gasteiger partial charge in [-0.2, -0.15) is 0 Å². The first-order valence-electron chi connectivity index (χ1n) is 7.85. The van der Waals surface area contributed by atoms with E-state index >= 15 is 0 Å². The molecule has 0 aliphatic carbocycles. The summed E-state index contributed by atoms with van der Waals surface area (Å²) in [4.78, 5) is 16.3. The van der Waals surface area contributed by atoms with Crippen molar-refractivity contribution in [1.29, 1.82) is 0 Å². The lowest BCUT2D eigenvalue weighted by molar-refractivity contribution is -0.113. The Morgan fingerprint density at radius 3 is 2.68 bits per heavy atom. The van der Waals surface area contributed by atoms with E-state index in [1.807, 2.05) is 31.2 Å². The van der Waals surface area contributed by atoms with Gasteiger partial charge in [0.25, 0.3) is 0 Å². The zero-order chi connectivity index (χ0) is 18.0. The smallest absolute Gasteiger partial charge is 0.239 e. The Morgan fingerprint density at radius 2 is 1.96 bits per heavy atom. The number of rotatable bonds is 5. The largest absolute Gasteiger partial charge is 0.436 e. The minimum absolute atomic E-state index is 0.0681. The van der Waals surface area contributed by atoms with Gasteiger partial charge in [-0.3, -0.25) is 4.79 Å². The second-order valence-corrected chi connectivity index (χ2v) is 8.09. The predicted molar refractivity (Wildman–Crippen MR) is 97.1 cm³/mol. The van der Waals surface area contributed by atoms with E-state index in [4.69, 9.17) is 4.42 Å². The van der Waals surface area contributed by atoms with E-state index in [2.05, 4.69) is 10.3 Å². The number of oxazole rings is 1. The summed E-state index contributed by atoms with van der Waals surface area (Å²) >= 11 is 0. The molecule has 0 bridgehead atoms. The van der Waals surface area contributed by atoms with Crippen LogP contribution in [0.25, 0.3) is 22.6 Å². The number of nitrogens with zero attached hydrogens (tertiary/aromatic N) is 1. The van der Waals surface area contributed by atoms with Gasteiger partial charge in [-0.05, 0) is 30.7 Å². The molecule has 3 aromatic rings. The molecule has 0 spiro atoms. The van der Waals surface area contributed by atoms with Crippen LogP contribution in [0.1, 0.15) is 12.5 Å². The molecule has 0 aliphatic rings. The van der Waals surface area contributed by atoms with Gasteiger partial charge < -0.3 is 9.73 Å². The van der Waals surface area contributed by atoms with Crippen LogP contribution in [0, 0.1) is 6.92 Å². The number of anilines is 1. The van der Waals surface area contributed by atoms with Gasteiger partial charge >= 0.3 is 0 Å². The van der Waals surface area contributed by atoms with Crippen molar-refractivity contribution in [1.82, 2.24) is 4.98 Å². The van der Waals surface area contributed by atoms with Crippen LogP contribution >= 0.6 is 0 Å². The first kappa shape index (κ1) is 17.2. The SMILES string of the molecule is CCS(=O)(=O)CC(=O)Nc1ccc2nc(-c3ccccc3C)oc2c1. The fourth-order valence-electron chi connectivity index (χ4n) is 2.43. The van der Waals surface area contributed by atoms with Crippen molar-refractivity contribution in [2.24, 2.45) is 0 Å². The van der Waals surface area contributed by atoms with Gasteiger partial charge in [0.05, 0.1) is 0 Å². The molecule has 0 atom stereocenters. The number of carbonyl (C=O) groups is 1. The lowest BCUT2D eigenvalue weighted by Gasteiger charge is -2.04. The summed E-state index contributed by atoms with van der Waals surface area (Å²) in [6.07, 6.45) is 0. The minimum atomic E-state index is -3.37. The molecule has 0 saturated heterocycles. The highest BCUT2D eigenvalue weighted by Gasteiger charge is 2.15. The van der Waals surface area contributed by atoms with Crippen molar-refractivity contribution < 1.29 is 17.6 Å². The highest BCUT2D eigenvalue weighted by Crippen LogP contribution is 2.28. The topological polar surface area (TPSA) is 89.3 Å². The highest BCUT2D eigenvalue weighted by atomic mass is 32.2. The Hall–Kier alpha value is -2.67. The predicted octanol–water partition coefficient (Wildman–Crippen LogP) is 3.18. The van der Waals surface area contributed by atoms with Gasteiger partial charge in [0.1, 0.15) is 11.3 Å². The second-order valence-electron chi connectivity index (χ2n) is 5.74. The van der Waals surface area contributed by atoms with Crippen LogP contribution in [0.5, 0.6) is 0 Å². The molecule has 0 saturated carbocycles. The second kappa shape index (κ2) is 6.68. The molecule has 0 radical (unpaired) electrons. The third kappa shape index (κ3) is 3.88. The quantitative estimate of drug-likeness (QED) is 0.757. The minimum Gasteiger partial charge on any atom is -0.436 e. The Labute approximate surface area is 145 Å². The number of hydrogen-bond acceptors (Lipinski definition) is 5. The van der Waals surface area contributed by atoms with E-state index in [1.54, 1.807) is 18.2 Å². The number of aryl methyl sites for hydroxylation is 1. The Kier molecular flexibility index (Phi) is 4.59. The van der Waals surface area contributed by atoms with Gasteiger partial charge in [-0.1, -0.05) is 25.1 Å². The van der Waals surface area contributed by atoms with Crippen molar-refractivity contribution in [2.45, 2.75) is 13.8 Å². The van der Waals surface area contributed by atoms with Gasteiger partial charge in [0, 0.05) is 23.1 Å². The number of benzene rings is 2. The van der Waals surface area contributed by atoms with Crippen molar-refractivity contribution in [3.63, 3.8) is 0 Å². The summed E-state index contributed by atoms with van der Waals surface area (Å²) < 4.78 is 28.8. The van der Waals surface area contributed by atoms with Crippen LogP contribution in [0.3, 0.4) is 0 Å². The van der Waals surface area contributed by atoms with Crippen molar-refractivity contribution >= 4 is 32.5 Å². The maximum absolute atomic E-state index is 11.9. The number of sulfone groups is 1. The van der Waals surface area contributed by atoms with Crippen LogP contribution in [0.4, 0.5) is 5.69 Å². The van der Waals surface area contributed by atoms with Crippen molar-refractivity contribution in [3.8, 4) is 11.5 Å². The highest BCUT2D eigenvalue weighted by molar-refractivity contribution is 7.92. The summed E-state index contributed by atoms with van der Waals surface area (Å²) in [5.41, 5.74) is 3.61. The van der Waals surface area contributed by atoms with Crippen LogP contribution in [0.2, 0.25) is 0 Å². The normalized spacial score (nSPS) is 11.6. The summed E-state index contributed by atoms with van der Waals surface area (Å²) in [5.74, 6) is -0.668. The number of aromatic nitrogens is 1. The molecule has 1 heterocycles. The average molecular weight is 358 g/mol. The average Bonchev–Trinajstić information content (AvgIpc) is 2.97. The number of amides is 1. The standard InChI is InChI=1S/C18H18N2O4S/c1-3-25(22,23)11-17(21)19-13-8-9-15-16(10-13)24-18(20-15)14-7-5-4-6-12(14)2/h4-10H,3,11H2,1-2H3,(H,19,21). The third-order valence-corrected chi connectivity index (χ3v) is 5.42. The number of hydrogen-bond donors (Lipinski definition) is 1. The number of nitrogens with one attached hydrogen (secondary N) is 1. The summed E-state index contributed by atoms with van der Waals surface area (Å²) in [6, 6.07) is 12.8. The fourth-order valence-corrected chi connectivity index (χ4v) is 3.11. The first-order valence-corrected chi connectivity index (χ1v) is 9.67. The molecule has 1 aromatic heterocycles. The molecular formula is C18H18N2O4S. The van der Waals surface area contributed by atoms with E-state index in [1.165, 1.54) is 6.92 Å². The molecule has 7 heteroatoms. The van der Waals surface area contributed by atoms with Gasteiger partial charge in [-0.15, -0.1) is 0 Å². The maximum Gasteiger partial charge on any atom is 0.239 e. The van der Waals surface area contributed by atoms with Crippen LogP contribution in [0.15, 0.2) is 46.9 Å². The molecule has 1 N–H and O–H groups in total. The van der Waals surface area contributed by atoms with Crippen LogP contribution in [-0.2, 0) is 14.6 Å². The zero-order valence-electron chi connectivity index (χ0n) is 13.9. The summed E-state index contributed by atoms with van der Waals surface area (Å²) in [7, 11) is -3.37. The van der Waals surface area contributed by atoms with Crippen molar-refractivity contribution in [2.75, 3.05) is 16.8 Å². The van der Waals surface area contributed by atoms with Crippen LogP contribution in [-0.4, -0.2) is 30.8 Å². The Morgan fingerprint density at radius 1 is 1.20 bits per heavy atom. The zero-order valence-corrected chi connectivity index (χ0v) is 14.8. The summed E-state index contributed by atoms with van der Waals surface area (Å²) in [6.45, 7) is 3.49. The van der Waals surface area contributed by atoms with Gasteiger partial charge in [0.2, 0.25) is 11.8 Å². The molecule has 25 heavy (non-hydrogen) atoms. The summed E-state index contributed by atoms with van der Waals surface area (Å²) in [5, 5.41) is 2.58. The monoisotopic (exact) mass is 358 g/mol. The Balaban J connectivity index is 1.86. The van der Waals surface area contributed by atoms with Gasteiger partial charge in [-0.25, -0.2) is 13.4 Å². The first-order chi connectivity index (χ1) is 11.9. The molecule has 0 unspecified atom stereocenters. The van der Waals surface area contributed by atoms with Gasteiger partial charge in [0.15, 0.2) is 15.4 Å². The number of fused-ring (bicyclic) bond motifs is 1. The van der Waals surface area contributed by atoms with Crippen LogP contribution < -0.4 is 5.32 Å². The lowest BCUT2D eigenvalue weighted by Crippen LogP contribution is -2.23. The molecule has 0 aliphatic heterocycles. The lowest BCUT2D eigenvalue weighted by atomic mass is 10.1. The van der Waals surface area contributed by atoms with E-state index < -0.39 is 21.5 Å². The molecular weight excluding hydrogens is 340 g/mol. The van der Waals surface area contributed by atoms with Crippen molar-refractivity contribution in [3.05, 3.63) is 48.0 Å². The molecule has 1 amide bonds. The fraction of sp³-hybridized carbons (Fsp3) is 0.222. The third-order valence-electron chi connectivity index (χ3n) is 3.84.